The first-order valence-electron chi connectivity index (χ1n) is 10.8. The molecule has 3 heterocycles. The summed E-state index contributed by atoms with van der Waals surface area (Å²) >= 11 is 0. The third-order valence-electron chi connectivity index (χ3n) is 5.58. The zero-order chi connectivity index (χ0) is 22.5. The summed E-state index contributed by atoms with van der Waals surface area (Å²) in [5.74, 6) is 0.829. The monoisotopic (exact) mass is 457 g/mol. The fraction of sp³-hybridized carbons (Fsp3) is 0.476. The van der Waals surface area contributed by atoms with E-state index in [-0.39, 0.29) is 17.2 Å². The summed E-state index contributed by atoms with van der Waals surface area (Å²) in [6.07, 6.45) is 3.59. The normalized spacial score (nSPS) is 21.7. The zero-order valence-corrected chi connectivity index (χ0v) is 19.1. The van der Waals surface area contributed by atoms with Gasteiger partial charge in [0.2, 0.25) is 5.95 Å². The molecular weight excluding hydrogens is 430 g/mol. The van der Waals surface area contributed by atoms with E-state index >= 15 is 0 Å². The number of sulfone groups is 1. The molecule has 2 unspecified atom stereocenters. The Kier molecular flexibility index (Phi) is 5.17. The van der Waals surface area contributed by atoms with Gasteiger partial charge in [0, 0.05) is 36.8 Å². The first-order chi connectivity index (χ1) is 15.3. The van der Waals surface area contributed by atoms with Crippen molar-refractivity contribution in [3.05, 3.63) is 24.3 Å². The number of ether oxygens (including phenoxy) is 1. The number of anilines is 4. The maximum absolute atomic E-state index is 12.2. The minimum absolute atomic E-state index is 0.0283. The lowest BCUT2D eigenvalue weighted by Gasteiger charge is -2.36. The highest BCUT2D eigenvalue weighted by Gasteiger charge is 2.27. The van der Waals surface area contributed by atoms with E-state index in [0.29, 0.717) is 28.8 Å². The van der Waals surface area contributed by atoms with Gasteiger partial charge in [-0.25, -0.2) is 8.42 Å². The first kappa shape index (κ1) is 21.0. The second-order valence-electron chi connectivity index (χ2n) is 8.67. The average Bonchev–Trinajstić information content (AvgIpc) is 3.41. The molecule has 1 saturated carbocycles. The quantitative estimate of drug-likeness (QED) is 0.512. The number of benzene rings is 1. The molecule has 2 aliphatic rings. The van der Waals surface area contributed by atoms with E-state index in [4.69, 9.17) is 4.74 Å². The van der Waals surface area contributed by atoms with Gasteiger partial charge in [0.05, 0.1) is 12.2 Å². The number of hydrogen-bond donors (Lipinski definition) is 3. The Hall–Kier alpha value is -2.92. The van der Waals surface area contributed by atoms with Crippen LogP contribution < -0.4 is 15.5 Å². The lowest BCUT2D eigenvalue weighted by molar-refractivity contribution is -0.00521. The lowest BCUT2D eigenvalue weighted by atomic mass is 10.2. The van der Waals surface area contributed by atoms with Gasteiger partial charge in [-0.15, -0.1) is 0 Å². The summed E-state index contributed by atoms with van der Waals surface area (Å²) in [7, 11) is -3.49. The molecule has 0 amide bonds. The molecular formula is C21H27N7O3S. The van der Waals surface area contributed by atoms with Crippen LogP contribution in [0.1, 0.15) is 26.7 Å². The largest absolute Gasteiger partial charge is 0.372 e. The third-order valence-corrected chi connectivity index (χ3v) is 6.61. The number of aromatic amines is 1. The summed E-state index contributed by atoms with van der Waals surface area (Å²) in [6.45, 7) is 5.89. The van der Waals surface area contributed by atoms with E-state index in [1.54, 1.807) is 0 Å². The maximum atomic E-state index is 12.2. The molecule has 3 N–H and O–H groups in total. The highest BCUT2D eigenvalue weighted by molar-refractivity contribution is 7.90. The van der Waals surface area contributed by atoms with Gasteiger partial charge >= 0.3 is 0 Å². The van der Waals surface area contributed by atoms with Crippen molar-refractivity contribution in [1.29, 1.82) is 0 Å². The predicted molar refractivity (Wildman–Crippen MR) is 123 cm³/mol. The van der Waals surface area contributed by atoms with Crippen LogP contribution in [0.5, 0.6) is 0 Å². The van der Waals surface area contributed by atoms with Gasteiger partial charge in [0.1, 0.15) is 11.2 Å². The van der Waals surface area contributed by atoms with Gasteiger partial charge in [-0.2, -0.15) is 15.1 Å². The minimum atomic E-state index is -3.49. The number of nitrogens with one attached hydrogen (secondary N) is 3. The van der Waals surface area contributed by atoms with E-state index in [9.17, 15) is 8.42 Å². The molecule has 2 atom stereocenters. The van der Waals surface area contributed by atoms with Crippen LogP contribution in [0.2, 0.25) is 0 Å². The molecule has 5 rings (SSSR count). The second-order valence-corrected chi connectivity index (χ2v) is 10.6. The predicted octanol–water partition coefficient (Wildman–Crippen LogP) is 2.69. The number of hydrogen-bond acceptors (Lipinski definition) is 9. The maximum Gasteiger partial charge on any atom is 0.231 e. The van der Waals surface area contributed by atoms with Gasteiger partial charge < -0.3 is 20.3 Å². The van der Waals surface area contributed by atoms with E-state index in [1.807, 2.05) is 12.1 Å². The standard InChI is InChI=1S/C21H27N7O3S/c1-12-10-28(11-13(2)31-12)16-8-6-15(7-9-16)23-21-24-18(22-14-4-5-14)17-19(25-21)26-27-20(17)32(3,29)30/h6-9,12-14H,4-5,10-11H2,1-3H3,(H3,22,23,24,25,26,27). The molecule has 1 aliphatic heterocycles. The third kappa shape index (κ3) is 4.35. The van der Waals surface area contributed by atoms with Crippen LogP contribution in [0.4, 0.5) is 23.1 Å². The van der Waals surface area contributed by atoms with Crippen molar-refractivity contribution in [2.24, 2.45) is 0 Å². The summed E-state index contributed by atoms with van der Waals surface area (Å²) in [5, 5.41) is 13.7. The zero-order valence-electron chi connectivity index (χ0n) is 18.3. The molecule has 32 heavy (non-hydrogen) atoms. The Balaban J connectivity index is 1.41. The van der Waals surface area contributed by atoms with Gasteiger partial charge in [-0.05, 0) is 51.0 Å². The lowest BCUT2D eigenvalue weighted by Crippen LogP contribution is -2.45. The van der Waals surface area contributed by atoms with Crippen molar-refractivity contribution in [3.63, 3.8) is 0 Å². The Bertz CT molecular complexity index is 1230. The van der Waals surface area contributed by atoms with Crippen molar-refractivity contribution < 1.29 is 13.2 Å². The van der Waals surface area contributed by atoms with Crippen molar-refractivity contribution in [2.75, 3.05) is 34.9 Å². The summed E-state index contributed by atoms with van der Waals surface area (Å²) in [5.41, 5.74) is 2.27. The van der Waals surface area contributed by atoms with Crippen molar-refractivity contribution in [1.82, 2.24) is 20.2 Å². The summed E-state index contributed by atoms with van der Waals surface area (Å²) < 4.78 is 30.1. The summed E-state index contributed by atoms with van der Waals surface area (Å²) in [4.78, 5) is 11.3. The molecule has 2 aromatic heterocycles. The van der Waals surface area contributed by atoms with Crippen LogP contribution in [-0.2, 0) is 14.6 Å². The number of H-pyrrole nitrogens is 1. The molecule has 0 spiro atoms. The molecule has 0 bridgehead atoms. The Morgan fingerprint density at radius 2 is 1.78 bits per heavy atom. The van der Waals surface area contributed by atoms with Crippen LogP contribution >= 0.6 is 0 Å². The topological polar surface area (TPSA) is 125 Å². The van der Waals surface area contributed by atoms with Gasteiger partial charge in [0.15, 0.2) is 20.5 Å². The second kappa shape index (κ2) is 7.89. The highest BCUT2D eigenvalue weighted by Crippen LogP contribution is 2.32. The van der Waals surface area contributed by atoms with Crippen LogP contribution in [-0.4, -0.2) is 66.2 Å². The Morgan fingerprint density at radius 3 is 2.41 bits per heavy atom. The molecule has 1 aliphatic carbocycles. The summed E-state index contributed by atoms with van der Waals surface area (Å²) in [6, 6.07) is 8.37. The number of nitrogens with zero attached hydrogens (tertiary/aromatic N) is 4. The fourth-order valence-electron chi connectivity index (χ4n) is 4.02. The molecule has 2 fully saturated rings. The van der Waals surface area contributed by atoms with Gasteiger partial charge in [-0.3, -0.25) is 5.10 Å². The average molecular weight is 458 g/mol. The van der Waals surface area contributed by atoms with E-state index in [2.05, 4.69) is 61.7 Å². The van der Waals surface area contributed by atoms with Crippen molar-refractivity contribution in [2.45, 2.75) is 50.0 Å². The van der Waals surface area contributed by atoms with Crippen LogP contribution in [0.3, 0.4) is 0 Å². The molecule has 3 aromatic rings. The molecule has 0 radical (unpaired) electrons. The van der Waals surface area contributed by atoms with E-state index in [1.165, 1.54) is 0 Å². The highest BCUT2D eigenvalue weighted by atomic mass is 32.2. The number of morpholine rings is 1. The van der Waals surface area contributed by atoms with Gasteiger partial charge in [0.25, 0.3) is 0 Å². The van der Waals surface area contributed by atoms with Crippen molar-refractivity contribution in [3.8, 4) is 0 Å². The molecule has 1 aromatic carbocycles. The number of fused-ring (bicyclic) bond motifs is 1. The van der Waals surface area contributed by atoms with Crippen molar-refractivity contribution >= 4 is 44.0 Å². The minimum Gasteiger partial charge on any atom is -0.372 e. The number of rotatable bonds is 6. The van der Waals surface area contributed by atoms with Gasteiger partial charge in [-0.1, -0.05) is 0 Å². The molecule has 10 nitrogen and oxygen atoms in total. The Labute approximate surface area is 186 Å². The molecule has 11 heteroatoms. The van der Waals surface area contributed by atoms with E-state index in [0.717, 1.165) is 43.6 Å². The van der Waals surface area contributed by atoms with E-state index < -0.39 is 9.84 Å². The van der Waals surface area contributed by atoms with Crippen LogP contribution in [0.15, 0.2) is 29.3 Å². The fourth-order valence-corrected chi connectivity index (χ4v) is 4.79. The molecule has 170 valence electrons. The number of aromatic nitrogens is 4. The first-order valence-corrected chi connectivity index (χ1v) is 12.7. The van der Waals surface area contributed by atoms with Crippen LogP contribution in [0, 0.1) is 0 Å². The van der Waals surface area contributed by atoms with Crippen LogP contribution in [0.25, 0.3) is 11.0 Å². The Morgan fingerprint density at radius 1 is 1.09 bits per heavy atom. The SMILES string of the molecule is CC1CN(c2ccc(Nc3nc(NC4CC4)c4c(S(C)(=O)=O)[nH]nc4n3)cc2)CC(C)O1. The molecule has 1 saturated heterocycles. The smallest absolute Gasteiger partial charge is 0.231 e.